The molecular formula is C17H31NO6S. The lowest BCUT2D eigenvalue weighted by Gasteiger charge is -2.31. The predicted molar refractivity (Wildman–Crippen MR) is 97.3 cm³/mol. The maximum Gasteiger partial charge on any atom is 0.337 e. The van der Waals surface area contributed by atoms with E-state index in [2.05, 4.69) is 0 Å². The second-order valence-corrected chi connectivity index (χ2v) is 7.91. The lowest BCUT2D eigenvalue weighted by molar-refractivity contribution is -0.163. The van der Waals surface area contributed by atoms with Gasteiger partial charge in [0.25, 0.3) is 5.24 Å². The summed E-state index contributed by atoms with van der Waals surface area (Å²) in [4.78, 5) is 38.5. The van der Waals surface area contributed by atoms with Gasteiger partial charge in [-0.3, -0.25) is 9.59 Å². The van der Waals surface area contributed by atoms with Crippen LogP contribution in [-0.4, -0.2) is 62.8 Å². The van der Waals surface area contributed by atoms with Crippen LogP contribution in [0.2, 0.25) is 0 Å². The number of rotatable bonds is 8. The lowest BCUT2D eigenvalue weighted by atomic mass is 10.2. The van der Waals surface area contributed by atoms with Crippen molar-refractivity contribution in [2.75, 3.05) is 0 Å². The zero-order chi connectivity index (χ0) is 19.9. The summed E-state index contributed by atoms with van der Waals surface area (Å²) in [6.45, 7) is 14.0. The lowest BCUT2D eigenvalue weighted by Crippen LogP contribution is -2.45. The van der Waals surface area contributed by atoms with E-state index in [1.165, 1.54) is 0 Å². The van der Waals surface area contributed by atoms with Crippen molar-refractivity contribution in [3.63, 3.8) is 0 Å². The summed E-state index contributed by atoms with van der Waals surface area (Å²) in [5.41, 5.74) is 0. The molecule has 0 aromatic rings. The van der Waals surface area contributed by atoms with Gasteiger partial charge in [-0.25, -0.2) is 4.79 Å². The highest BCUT2D eigenvalue weighted by Crippen LogP contribution is 2.25. The first kappa shape index (κ1) is 23.7. The van der Waals surface area contributed by atoms with E-state index < -0.39 is 40.7 Å². The Morgan fingerprint density at radius 1 is 0.800 bits per heavy atom. The average molecular weight is 378 g/mol. The Bertz CT molecular complexity index is 456. The van der Waals surface area contributed by atoms with Gasteiger partial charge in [-0.1, -0.05) is 0 Å². The Morgan fingerprint density at radius 3 is 1.56 bits per heavy atom. The molecular weight excluding hydrogens is 346 g/mol. The van der Waals surface area contributed by atoms with Crippen LogP contribution < -0.4 is 0 Å². The number of nitrogens with zero attached hydrogens (tertiary/aromatic N) is 1. The van der Waals surface area contributed by atoms with Crippen LogP contribution in [0.25, 0.3) is 0 Å². The minimum Gasteiger partial charge on any atom is -0.462 e. The molecule has 0 fully saturated rings. The number of carbonyl (C=O) groups excluding carboxylic acids is 3. The van der Waals surface area contributed by atoms with Gasteiger partial charge in [-0.15, -0.1) is 0 Å². The average Bonchev–Trinajstić information content (AvgIpc) is 2.41. The molecule has 2 atom stereocenters. The van der Waals surface area contributed by atoms with Gasteiger partial charge in [0.05, 0.1) is 12.2 Å². The SMILES string of the molecule is CC(C)OC(=O)C(SC(=O)N(C(C)C)C(C)C)[C@@H](O)C(=O)OC(C)C. The molecule has 0 saturated carbocycles. The van der Waals surface area contributed by atoms with Gasteiger partial charge in [-0.2, -0.15) is 0 Å². The van der Waals surface area contributed by atoms with E-state index in [1.807, 2.05) is 27.7 Å². The molecule has 0 aliphatic carbocycles. The quantitative estimate of drug-likeness (QED) is 0.650. The third kappa shape index (κ3) is 8.09. The van der Waals surface area contributed by atoms with Crippen LogP contribution in [0.15, 0.2) is 0 Å². The fraction of sp³-hybridized carbons (Fsp3) is 0.824. The Hall–Kier alpha value is -1.28. The molecule has 146 valence electrons. The van der Waals surface area contributed by atoms with Crippen molar-refractivity contribution in [2.45, 2.75) is 91.0 Å². The van der Waals surface area contributed by atoms with E-state index >= 15 is 0 Å². The van der Waals surface area contributed by atoms with Crippen LogP contribution in [-0.2, 0) is 19.1 Å². The van der Waals surface area contributed by atoms with Gasteiger partial charge in [0.1, 0.15) is 5.25 Å². The number of thioether (sulfide) groups is 1. The van der Waals surface area contributed by atoms with Crippen molar-refractivity contribution < 1.29 is 29.0 Å². The topological polar surface area (TPSA) is 93.1 Å². The van der Waals surface area contributed by atoms with Crippen LogP contribution >= 0.6 is 11.8 Å². The summed E-state index contributed by atoms with van der Waals surface area (Å²) < 4.78 is 10.0. The van der Waals surface area contributed by atoms with E-state index in [0.29, 0.717) is 11.8 Å². The van der Waals surface area contributed by atoms with Gasteiger partial charge >= 0.3 is 11.9 Å². The molecule has 0 spiro atoms. The van der Waals surface area contributed by atoms with Gasteiger partial charge < -0.3 is 19.5 Å². The highest BCUT2D eigenvalue weighted by Gasteiger charge is 2.39. The van der Waals surface area contributed by atoms with Crippen LogP contribution in [0.5, 0.6) is 0 Å². The minimum absolute atomic E-state index is 0.0958. The first-order valence-corrected chi connectivity index (χ1v) is 9.34. The fourth-order valence-electron chi connectivity index (χ4n) is 2.15. The van der Waals surface area contributed by atoms with E-state index in [4.69, 9.17) is 9.47 Å². The molecule has 0 rings (SSSR count). The van der Waals surface area contributed by atoms with Crippen molar-refractivity contribution in [2.24, 2.45) is 0 Å². The Balaban J connectivity index is 5.41. The maximum atomic E-state index is 12.6. The largest absolute Gasteiger partial charge is 0.462 e. The molecule has 0 radical (unpaired) electrons. The molecule has 1 unspecified atom stereocenters. The number of amides is 1. The summed E-state index contributed by atoms with van der Waals surface area (Å²) in [7, 11) is 0. The third-order valence-corrected chi connectivity index (χ3v) is 4.13. The second kappa shape index (κ2) is 10.7. The Labute approximate surface area is 154 Å². The van der Waals surface area contributed by atoms with Crippen molar-refractivity contribution in [3.05, 3.63) is 0 Å². The number of esters is 2. The maximum absolute atomic E-state index is 12.6. The van der Waals surface area contributed by atoms with Gasteiger partial charge in [0.15, 0.2) is 6.10 Å². The van der Waals surface area contributed by atoms with Crippen LogP contribution in [0.1, 0.15) is 55.4 Å². The van der Waals surface area contributed by atoms with Gasteiger partial charge in [0.2, 0.25) is 0 Å². The van der Waals surface area contributed by atoms with Crippen molar-refractivity contribution in [3.8, 4) is 0 Å². The molecule has 0 aliphatic rings. The normalized spacial score (nSPS) is 14.0. The molecule has 0 aromatic heterocycles. The molecule has 1 amide bonds. The smallest absolute Gasteiger partial charge is 0.337 e. The van der Waals surface area contributed by atoms with Crippen LogP contribution in [0.3, 0.4) is 0 Å². The number of aliphatic hydroxyl groups excluding tert-OH is 1. The van der Waals surface area contributed by atoms with E-state index in [1.54, 1.807) is 32.6 Å². The first-order chi connectivity index (χ1) is 11.4. The molecule has 8 heteroatoms. The minimum atomic E-state index is -1.79. The zero-order valence-electron chi connectivity index (χ0n) is 16.3. The van der Waals surface area contributed by atoms with Gasteiger partial charge in [-0.05, 0) is 67.2 Å². The third-order valence-electron chi connectivity index (χ3n) is 3.02. The summed E-state index contributed by atoms with van der Waals surface area (Å²) in [5, 5.41) is 8.45. The summed E-state index contributed by atoms with van der Waals surface area (Å²) in [6, 6.07) is -0.192. The fourth-order valence-corrected chi connectivity index (χ4v) is 3.31. The molecule has 7 nitrogen and oxygen atoms in total. The van der Waals surface area contributed by atoms with E-state index in [0.717, 1.165) is 0 Å². The molecule has 0 saturated heterocycles. The predicted octanol–water partition coefficient (Wildman–Crippen LogP) is 2.59. The number of hydrogen-bond acceptors (Lipinski definition) is 7. The van der Waals surface area contributed by atoms with Crippen molar-refractivity contribution in [1.82, 2.24) is 4.90 Å². The number of carbonyl (C=O) groups is 3. The van der Waals surface area contributed by atoms with Crippen molar-refractivity contribution >= 4 is 28.9 Å². The number of aliphatic hydroxyl groups is 1. The van der Waals surface area contributed by atoms with Gasteiger partial charge in [0, 0.05) is 12.1 Å². The van der Waals surface area contributed by atoms with Crippen LogP contribution in [0, 0.1) is 0 Å². The second-order valence-electron chi connectivity index (χ2n) is 6.82. The Morgan fingerprint density at radius 2 is 1.20 bits per heavy atom. The van der Waals surface area contributed by atoms with Crippen LogP contribution in [0.4, 0.5) is 4.79 Å². The van der Waals surface area contributed by atoms with Crippen molar-refractivity contribution in [1.29, 1.82) is 0 Å². The number of ether oxygens (including phenoxy) is 2. The summed E-state index contributed by atoms with van der Waals surface area (Å²) in [6.07, 6.45) is -2.68. The molecule has 25 heavy (non-hydrogen) atoms. The number of hydrogen-bond donors (Lipinski definition) is 1. The standard InChI is InChI=1S/C17H31NO6S/c1-9(2)18(10(3)4)17(22)25-14(16(21)24-12(7)8)13(19)15(20)23-11(5)6/h9-14,19H,1-8H3/t13-,14?/m1/s1. The summed E-state index contributed by atoms with van der Waals surface area (Å²) >= 11 is 0.585. The highest BCUT2D eigenvalue weighted by molar-refractivity contribution is 8.14. The first-order valence-electron chi connectivity index (χ1n) is 8.46. The molecule has 0 aliphatic heterocycles. The highest BCUT2D eigenvalue weighted by atomic mass is 32.2. The monoisotopic (exact) mass is 377 g/mol. The zero-order valence-corrected chi connectivity index (χ0v) is 17.1. The molecule has 0 heterocycles. The summed E-state index contributed by atoms with van der Waals surface area (Å²) in [5.74, 6) is -1.78. The Kier molecular flexibility index (Phi) is 10.1. The van der Waals surface area contributed by atoms with E-state index in [9.17, 15) is 19.5 Å². The molecule has 1 N–H and O–H groups in total. The van der Waals surface area contributed by atoms with E-state index in [-0.39, 0.29) is 12.1 Å². The molecule has 0 aromatic carbocycles. The molecule has 0 bridgehead atoms.